The van der Waals surface area contributed by atoms with Crippen LogP contribution in [0.15, 0.2) is 84.9 Å². The van der Waals surface area contributed by atoms with E-state index in [4.69, 9.17) is 14.2 Å². The van der Waals surface area contributed by atoms with E-state index in [-0.39, 0.29) is 56.1 Å². The lowest BCUT2D eigenvalue weighted by molar-refractivity contribution is -0.241. The summed E-state index contributed by atoms with van der Waals surface area (Å²) in [7, 11) is 1.11. The fourth-order valence-corrected chi connectivity index (χ4v) is 6.80. The summed E-state index contributed by atoms with van der Waals surface area (Å²) < 4.78 is 16.4. The average molecular weight is 746 g/mol. The number of aliphatic hydroxyl groups excluding tert-OH is 3. The number of carbonyl (C=O) groups is 5. The van der Waals surface area contributed by atoms with Crippen LogP contribution in [-0.2, 0) is 35.2 Å². The third kappa shape index (κ3) is 12.1. The van der Waals surface area contributed by atoms with Crippen LogP contribution in [-0.4, -0.2) is 88.4 Å². The molecule has 12 nitrogen and oxygen atoms in total. The van der Waals surface area contributed by atoms with E-state index in [1.54, 1.807) is 12.1 Å². The van der Waals surface area contributed by atoms with Crippen LogP contribution in [0.1, 0.15) is 80.6 Å². The Balaban J connectivity index is 1.32. The molecular weight excluding hydrogens is 694 g/mol. The van der Waals surface area contributed by atoms with Gasteiger partial charge >= 0.3 is 12.1 Å². The van der Waals surface area contributed by atoms with Gasteiger partial charge in [-0.25, -0.2) is 9.59 Å². The molecule has 1 amide bonds. The zero-order chi connectivity index (χ0) is 39.1. The van der Waals surface area contributed by atoms with Crippen LogP contribution >= 0.6 is 0 Å². The molecule has 1 aliphatic heterocycles. The molecule has 1 saturated heterocycles. The molecule has 12 heteroatoms. The summed E-state index contributed by atoms with van der Waals surface area (Å²) in [6.07, 6.45) is -6.28. The molecule has 0 saturated carbocycles. The highest BCUT2D eigenvalue weighted by Crippen LogP contribution is 2.40. The van der Waals surface area contributed by atoms with Crippen molar-refractivity contribution in [2.24, 2.45) is 5.92 Å². The summed E-state index contributed by atoms with van der Waals surface area (Å²) in [5, 5.41) is 36.4. The van der Waals surface area contributed by atoms with E-state index in [2.05, 4.69) is 5.32 Å². The third-order valence-electron chi connectivity index (χ3n) is 9.71. The number of unbranched alkanes of at least 4 members (excludes halogenated alkanes) is 2. The number of methoxy groups -OCH3 is 1. The standard InChI is InChI=1S/C42H51NO11/c1-28(44)24-34-37(48)26-42(40(50)52-2,25-33(45)16-10-5-11-23-43-41(51)53-27-29-12-6-3-7-13-29)54-39(34)38(49)36(47)22-21-35(46)32-19-17-31(18-20-32)30-14-8-4-9-15-30/h3-4,6-9,12-15,17-20,34,36-39,47-49H,5,10-11,16,21-27H2,1-2H3,(H,43,51)/t34?,36-,37?,38+,39?,42?/m1/s1. The first-order valence-corrected chi connectivity index (χ1v) is 18.4. The Hall–Kier alpha value is -4.75. The van der Waals surface area contributed by atoms with Crippen LogP contribution < -0.4 is 5.32 Å². The first kappa shape index (κ1) is 42.0. The van der Waals surface area contributed by atoms with Gasteiger partial charge in [-0.2, -0.15) is 0 Å². The van der Waals surface area contributed by atoms with Gasteiger partial charge in [0.2, 0.25) is 0 Å². The number of esters is 1. The number of ketones is 3. The summed E-state index contributed by atoms with van der Waals surface area (Å²) in [6, 6.07) is 26.0. The lowest BCUT2D eigenvalue weighted by Gasteiger charge is -2.47. The molecule has 3 aromatic carbocycles. The zero-order valence-corrected chi connectivity index (χ0v) is 30.9. The maximum atomic E-state index is 13.2. The molecule has 290 valence electrons. The third-order valence-corrected chi connectivity index (χ3v) is 9.71. The molecule has 6 atom stereocenters. The highest BCUT2D eigenvalue weighted by atomic mass is 16.6. The van der Waals surface area contributed by atoms with Crippen LogP contribution in [0.25, 0.3) is 11.1 Å². The molecule has 4 rings (SSSR count). The number of hydrogen-bond donors (Lipinski definition) is 4. The minimum Gasteiger partial charge on any atom is -0.467 e. The first-order chi connectivity index (χ1) is 25.9. The van der Waals surface area contributed by atoms with Gasteiger partial charge in [0.25, 0.3) is 0 Å². The molecule has 1 fully saturated rings. The Bertz CT molecular complexity index is 1680. The Morgan fingerprint density at radius 2 is 1.52 bits per heavy atom. The maximum absolute atomic E-state index is 13.2. The molecule has 4 unspecified atom stereocenters. The molecular formula is C42H51NO11. The number of Topliss-reactive ketones (excluding diaryl/α,β-unsaturated/α-hetero) is 3. The molecule has 0 aliphatic carbocycles. The van der Waals surface area contributed by atoms with Crippen LogP contribution in [0.3, 0.4) is 0 Å². The van der Waals surface area contributed by atoms with Crippen molar-refractivity contribution in [1.29, 1.82) is 0 Å². The molecule has 3 aromatic rings. The SMILES string of the molecule is COC(=O)C1(CC(=O)CCCCCNC(=O)OCc2ccccc2)CC(O)C(CC(C)=O)C([C@@H](O)[C@H](O)CCC(=O)c2ccc(-c3ccccc3)cc2)O1. The molecule has 0 aromatic heterocycles. The van der Waals surface area contributed by atoms with Crippen molar-refractivity contribution in [2.75, 3.05) is 13.7 Å². The summed E-state index contributed by atoms with van der Waals surface area (Å²) in [5.74, 6) is -2.88. The van der Waals surface area contributed by atoms with Gasteiger partial charge in [0.05, 0.1) is 25.4 Å². The molecule has 1 aliphatic rings. The van der Waals surface area contributed by atoms with E-state index in [1.807, 2.05) is 72.8 Å². The normalized spacial score (nSPS) is 20.6. The smallest absolute Gasteiger partial charge is 0.407 e. The Labute approximate surface area is 315 Å². The van der Waals surface area contributed by atoms with Gasteiger partial charge in [-0.1, -0.05) is 91.3 Å². The monoisotopic (exact) mass is 745 g/mol. The van der Waals surface area contributed by atoms with E-state index in [9.17, 15) is 39.3 Å². The molecule has 1 heterocycles. The second-order valence-electron chi connectivity index (χ2n) is 13.9. The van der Waals surface area contributed by atoms with Gasteiger partial charge < -0.3 is 39.6 Å². The lowest BCUT2D eigenvalue weighted by atomic mass is 9.75. The van der Waals surface area contributed by atoms with Crippen LogP contribution in [0, 0.1) is 5.92 Å². The summed E-state index contributed by atoms with van der Waals surface area (Å²) >= 11 is 0. The van der Waals surface area contributed by atoms with E-state index < -0.39 is 54.4 Å². The van der Waals surface area contributed by atoms with Crippen LogP contribution in [0.5, 0.6) is 0 Å². The van der Waals surface area contributed by atoms with Crippen molar-refractivity contribution in [3.05, 3.63) is 96.1 Å². The molecule has 0 radical (unpaired) electrons. The number of amides is 1. The fourth-order valence-electron chi connectivity index (χ4n) is 6.80. The van der Waals surface area contributed by atoms with E-state index >= 15 is 0 Å². The van der Waals surface area contributed by atoms with Crippen molar-refractivity contribution >= 4 is 29.4 Å². The van der Waals surface area contributed by atoms with E-state index in [1.165, 1.54) is 6.92 Å². The van der Waals surface area contributed by atoms with Crippen molar-refractivity contribution in [1.82, 2.24) is 5.32 Å². The van der Waals surface area contributed by atoms with Gasteiger partial charge in [-0.3, -0.25) is 9.59 Å². The lowest BCUT2D eigenvalue weighted by Crippen LogP contribution is -2.61. The second-order valence-corrected chi connectivity index (χ2v) is 13.9. The van der Waals surface area contributed by atoms with Gasteiger partial charge in [0.1, 0.15) is 24.3 Å². The van der Waals surface area contributed by atoms with Crippen molar-refractivity contribution in [3.8, 4) is 11.1 Å². The number of alkyl carbamates (subject to hydrolysis) is 1. The minimum absolute atomic E-state index is 0.0673. The maximum Gasteiger partial charge on any atom is 0.407 e. The molecule has 54 heavy (non-hydrogen) atoms. The highest BCUT2D eigenvalue weighted by Gasteiger charge is 2.55. The van der Waals surface area contributed by atoms with E-state index in [0.29, 0.717) is 31.4 Å². The van der Waals surface area contributed by atoms with Gasteiger partial charge in [-0.15, -0.1) is 0 Å². The summed E-state index contributed by atoms with van der Waals surface area (Å²) in [4.78, 5) is 63.7. The number of rotatable bonds is 20. The van der Waals surface area contributed by atoms with Crippen LogP contribution in [0.4, 0.5) is 4.79 Å². The first-order valence-electron chi connectivity index (χ1n) is 18.4. The van der Waals surface area contributed by atoms with Crippen molar-refractivity contribution < 1.29 is 53.5 Å². The Morgan fingerprint density at radius 3 is 2.17 bits per heavy atom. The van der Waals surface area contributed by atoms with Crippen molar-refractivity contribution in [3.63, 3.8) is 0 Å². The zero-order valence-electron chi connectivity index (χ0n) is 30.9. The Kier molecular flexibility index (Phi) is 16.0. The number of benzene rings is 3. The predicted octanol–water partition coefficient (Wildman–Crippen LogP) is 5.14. The Morgan fingerprint density at radius 1 is 0.870 bits per heavy atom. The number of hydrogen-bond acceptors (Lipinski definition) is 11. The minimum atomic E-state index is -1.98. The number of nitrogens with one attached hydrogen (secondary N) is 1. The van der Waals surface area contributed by atoms with Crippen LogP contribution in [0.2, 0.25) is 0 Å². The largest absolute Gasteiger partial charge is 0.467 e. The van der Waals surface area contributed by atoms with Gasteiger partial charge in [-0.05, 0) is 42.9 Å². The van der Waals surface area contributed by atoms with Gasteiger partial charge in [0.15, 0.2) is 11.4 Å². The molecule has 4 N–H and O–H groups in total. The van der Waals surface area contributed by atoms with Crippen molar-refractivity contribution in [2.45, 2.75) is 101 Å². The molecule has 0 bridgehead atoms. The fraction of sp³-hybridized carbons (Fsp3) is 0.452. The van der Waals surface area contributed by atoms with Gasteiger partial charge in [0, 0.05) is 50.1 Å². The number of aliphatic hydroxyl groups is 3. The average Bonchev–Trinajstić information content (AvgIpc) is 3.18. The molecule has 0 spiro atoms. The second kappa shape index (κ2) is 20.6. The predicted molar refractivity (Wildman–Crippen MR) is 199 cm³/mol. The number of ether oxygens (including phenoxy) is 3. The van der Waals surface area contributed by atoms with E-state index in [0.717, 1.165) is 23.8 Å². The summed E-state index contributed by atoms with van der Waals surface area (Å²) in [5.41, 5.74) is 1.25. The quantitative estimate of drug-likeness (QED) is 0.0682. The topological polar surface area (TPSA) is 186 Å². The number of carbonyl (C=O) groups excluding carboxylic acids is 5. The summed E-state index contributed by atoms with van der Waals surface area (Å²) in [6.45, 7) is 1.80. The highest BCUT2D eigenvalue weighted by molar-refractivity contribution is 5.96.